The van der Waals surface area contributed by atoms with Crippen LogP contribution in [0.2, 0.25) is 0 Å². The Morgan fingerprint density at radius 3 is 2.08 bits per heavy atom. The molecular formula is C6H13O5SSi-. The number of hydrogen-bond donors (Lipinski definition) is 0. The van der Waals surface area contributed by atoms with E-state index in [1.54, 1.807) is 0 Å². The molecule has 1 atom stereocenters. The Hall–Kier alpha value is -0.0531. The average Bonchev–Trinajstić information content (AvgIpc) is 2.13. The monoisotopic (exact) mass is 225 g/mol. The summed E-state index contributed by atoms with van der Waals surface area (Å²) in [7, 11) is 1.63. The molecule has 0 saturated carbocycles. The van der Waals surface area contributed by atoms with Crippen molar-refractivity contribution >= 4 is 19.9 Å². The molecule has 0 spiro atoms. The highest BCUT2D eigenvalue weighted by Crippen LogP contribution is 2.07. The molecule has 0 N–H and O–H groups in total. The lowest BCUT2D eigenvalue weighted by Gasteiger charge is -2.20. The maximum Gasteiger partial charge on any atom is 0.528 e. The summed E-state index contributed by atoms with van der Waals surface area (Å²) in [5.41, 5.74) is 1.53. The summed E-state index contributed by atoms with van der Waals surface area (Å²) in [6.45, 7) is 0. The minimum Gasteiger partial charge on any atom is -0.772 e. The van der Waals surface area contributed by atoms with Gasteiger partial charge in [-0.2, -0.15) is 0 Å². The zero-order valence-corrected chi connectivity index (χ0v) is 9.63. The fourth-order valence-electron chi connectivity index (χ4n) is 0.725. The van der Waals surface area contributed by atoms with Crippen molar-refractivity contribution in [1.82, 2.24) is 0 Å². The molecule has 0 bridgehead atoms. The predicted octanol–water partition coefficient (Wildman–Crippen LogP) is -0.161. The lowest BCUT2D eigenvalue weighted by atomic mass is 10.8. The zero-order valence-electron chi connectivity index (χ0n) is 7.81. The van der Waals surface area contributed by atoms with Crippen LogP contribution in [-0.2, 0) is 24.4 Å². The third-order valence-electron chi connectivity index (χ3n) is 1.41. The van der Waals surface area contributed by atoms with Gasteiger partial charge in [0.15, 0.2) is 0 Å². The van der Waals surface area contributed by atoms with Gasteiger partial charge in [-0.3, -0.25) is 4.21 Å². The van der Waals surface area contributed by atoms with Crippen LogP contribution in [0, 0.1) is 0 Å². The van der Waals surface area contributed by atoms with E-state index >= 15 is 0 Å². The van der Waals surface area contributed by atoms with Gasteiger partial charge in [0.25, 0.3) is 0 Å². The van der Waals surface area contributed by atoms with Crippen LogP contribution >= 0.6 is 0 Å². The van der Waals surface area contributed by atoms with Crippen molar-refractivity contribution in [1.29, 1.82) is 0 Å². The molecule has 1 unspecified atom stereocenters. The summed E-state index contributed by atoms with van der Waals surface area (Å²) in [5.74, 6) is -0.0647. The van der Waals surface area contributed by atoms with Gasteiger partial charge < -0.3 is 17.8 Å². The fourth-order valence-corrected chi connectivity index (χ4v) is 2.46. The first kappa shape index (κ1) is 12.9. The highest BCUT2D eigenvalue weighted by molar-refractivity contribution is 7.79. The van der Waals surface area contributed by atoms with Crippen LogP contribution in [0.1, 0.15) is 0 Å². The van der Waals surface area contributed by atoms with E-state index in [1.165, 1.54) is 33.1 Å². The van der Waals surface area contributed by atoms with Gasteiger partial charge in [-0.25, -0.2) is 0 Å². The average molecular weight is 225 g/mol. The van der Waals surface area contributed by atoms with Gasteiger partial charge in [0, 0.05) is 27.1 Å². The minimum absolute atomic E-state index is 0.0647. The van der Waals surface area contributed by atoms with Crippen molar-refractivity contribution in [2.45, 2.75) is 0 Å². The summed E-state index contributed by atoms with van der Waals surface area (Å²) in [6.07, 6.45) is 1.45. The Balaban J connectivity index is 4.23. The zero-order chi connectivity index (χ0) is 10.3. The van der Waals surface area contributed by atoms with Crippen LogP contribution in [0.4, 0.5) is 0 Å². The minimum atomic E-state index is -2.74. The SMILES string of the molecule is CO[Si](C=CCS(=O)[O-])(OC)OC. The summed E-state index contributed by atoms with van der Waals surface area (Å²) in [4.78, 5) is 0. The molecule has 5 nitrogen and oxygen atoms in total. The molecule has 78 valence electrons. The van der Waals surface area contributed by atoms with Crippen LogP contribution < -0.4 is 0 Å². The van der Waals surface area contributed by atoms with Crippen LogP contribution in [0.25, 0.3) is 0 Å². The molecule has 0 aromatic rings. The summed E-state index contributed by atoms with van der Waals surface area (Å²) < 4.78 is 35.5. The summed E-state index contributed by atoms with van der Waals surface area (Å²) >= 11 is -2.09. The molecule has 0 heterocycles. The fraction of sp³-hybridized carbons (Fsp3) is 0.667. The lowest BCUT2D eigenvalue weighted by Crippen LogP contribution is -2.41. The third kappa shape index (κ3) is 4.65. The molecule has 0 saturated heterocycles. The highest BCUT2D eigenvalue weighted by atomic mass is 32.2. The largest absolute Gasteiger partial charge is 0.772 e. The van der Waals surface area contributed by atoms with Gasteiger partial charge in [0.2, 0.25) is 0 Å². The van der Waals surface area contributed by atoms with Crippen LogP contribution in [0.5, 0.6) is 0 Å². The van der Waals surface area contributed by atoms with E-state index < -0.39 is 19.9 Å². The van der Waals surface area contributed by atoms with E-state index in [-0.39, 0.29) is 5.75 Å². The van der Waals surface area contributed by atoms with E-state index in [4.69, 9.17) is 13.3 Å². The summed E-state index contributed by atoms with van der Waals surface area (Å²) in [5, 5.41) is 0. The number of hydrogen-bond acceptors (Lipinski definition) is 5. The van der Waals surface area contributed by atoms with Gasteiger partial charge in [-0.05, 0) is 5.70 Å². The molecule has 0 amide bonds. The van der Waals surface area contributed by atoms with E-state index in [0.717, 1.165) is 0 Å². The van der Waals surface area contributed by atoms with Crippen molar-refractivity contribution in [3.63, 3.8) is 0 Å². The second-order valence-corrected chi connectivity index (χ2v) is 5.79. The first-order valence-corrected chi connectivity index (χ1v) is 6.54. The second-order valence-electron chi connectivity index (χ2n) is 2.09. The Labute approximate surface area is 81.3 Å². The van der Waals surface area contributed by atoms with Gasteiger partial charge in [0.05, 0.1) is 0 Å². The van der Waals surface area contributed by atoms with Gasteiger partial charge in [0.1, 0.15) is 0 Å². The van der Waals surface area contributed by atoms with E-state index in [9.17, 15) is 8.76 Å². The normalized spacial score (nSPS) is 15.1. The first-order valence-electron chi connectivity index (χ1n) is 3.49. The predicted molar refractivity (Wildman–Crippen MR) is 49.7 cm³/mol. The van der Waals surface area contributed by atoms with Crippen LogP contribution in [0.3, 0.4) is 0 Å². The standard InChI is InChI=1S/C6H14O5SSi/c1-9-13(10-2,11-3)6-4-5-12(7)8/h4,6H,5H2,1-3H3,(H,7,8)/p-1. The topological polar surface area (TPSA) is 67.8 Å². The van der Waals surface area contributed by atoms with Gasteiger partial charge in [-0.1, -0.05) is 17.2 Å². The van der Waals surface area contributed by atoms with Crippen LogP contribution in [0.15, 0.2) is 11.8 Å². The highest BCUT2D eigenvalue weighted by Gasteiger charge is 2.33. The lowest BCUT2D eigenvalue weighted by molar-refractivity contribution is 0.138. The third-order valence-corrected chi connectivity index (χ3v) is 4.22. The Bertz CT molecular complexity index is 183. The molecule has 0 aliphatic carbocycles. The van der Waals surface area contributed by atoms with Crippen molar-refractivity contribution < 1.29 is 22.0 Å². The van der Waals surface area contributed by atoms with E-state index in [2.05, 4.69) is 0 Å². The molecular weight excluding hydrogens is 212 g/mol. The van der Waals surface area contributed by atoms with E-state index in [0.29, 0.717) is 0 Å². The Morgan fingerprint density at radius 1 is 1.31 bits per heavy atom. The quantitative estimate of drug-likeness (QED) is 0.464. The maximum absolute atomic E-state index is 10.2. The smallest absolute Gasteiger partial charge is 0.528 e. The van der Waals surface area contributed by atoms with Crippen molar-refractivity contribution in [2.24, 2.45) is 0 Å². The Kier molecular flexibility index (Phi) is 6.38. The van der Waals surface area contributed by atoms with E-state index in [1.807, 2.05) is 0 Å². The molecule has 7 heteroatoms. The van der Waals surface area contributed by atoms with Gasteiger partial charge in [-0.15, -0.1) is 0 Å². The molecule has 0 aliphatic rings. The van der Waals surface area contributed by atoms with Crippen molar-refractivity contribution in [2.75, 3.05) is 27.1 Å². The molecule has 13 heavy (non-hydrogen) atoms. The molecule has 0 aromatic heterocycles. The Morgan fingerprint density at radius 2 is 1.77 bits per heavy atom. The van der Waals surface area contributed by atoms with Crippen LogP contribution in [-0.4, -0.2) is 44.6 Å². The molecule has 0 aromatic carbocycles. The first-order chi connectivity index (χ1) is 6.10. The van der Waals surface area contributed by atoms with Gasteiger partial charge >= 0.3 is 8.80 Å². The molecule has 0 fully saturated rings. The summed E-state index contributed by atoms with van der Waals surface area (Å²) in [6, 6.07) is 0. The molecule has 0 rings (SSSR count). The molecule has 0 aliphatic heterocycles. The number of rotatable bonds is 6. The van der Waals surface area contributed by atoms with Crippen molar-refractivity contribution in [3.05, 3.63) is 11.8 Å². The maximum atomic E-state index is 10.2. The van der Waals surface area contributed by atoms with Crippen molar-refractivity contribution in [3.8, 4) is 0 Å². The second kappa shape index (κ2) is 6.41. The molecule has 0 radical (unpaired) electrons.